The first-order valence-electron chi connectivity index (χ1n) is 5.07. The SMILES string of the molecule is CC/C(OC)=C(\C(C)C)n1cncc1I. The molecule has 0 saturated heterocycles. The first kappa shape index (κ1) is 12.5. The van der Waals surface area contributed by atoms with Crippen LogP contribution in [0.1, 0.15) is 27.2 Å². The standard InChI is InChI=1S/C11H17IN2O/c1-5-9(15-4)11(8(2)3)14-7-13-6-10(14)12/h6-8H,5H2,1-4H3/b11-9-. The zero-order chi connectivity index (χ0) is 11.4. The molecular formula is C11H17IN2O. The highest BCUT2D eigenvalue weighted by atomic mass is 127. The van der Waals surface area contributed by atoms with Gasteiger partial charge in [-0.05, 0) is 28.5 Å². The fourth-order valence-corrected chi connectivity index (χ4v) is 2.17. The predicted octanol–water partition coefficient (Wildman–Crippen LogP) is 3.37. The van der Waals surface area contributed by atoms with E-state index in [1.54, 1.807) is 7.11 Å². The van der Waals surface area contributed by atoms with Gasteiger partial charge in [-0.2, -0.15) is 0 Å². The normalized spacial score (nSPS) is 12.9. The molecule has 0 aliphatic carbocycles. The summed E-state index contributed by atoms with van der Waals surface area (Å²) in [5.74, 6) is 1.45. The summed E-state index contributed by atoms with van der Waals surface area (Å²) in [6.07, 6.45) is 4.59. The third-order valence-electron chi connectivity index (χ3n) is 2.25. The van der Waals surface area contributed by atoms with Crippen LogP contribution in [0.3, 0.4) is 0 Å². The van der Waals surface area contributed by atoms with Crippen molar-refractivity contribution in [3.8, 4) is 0 Å². The number of hydrogen-bond donors (Lipinski definition) is 0. The predicted molar refractivity (Wildman–Crippen MR) is 70.3 cm³/mol. The second-order valence-corrected chi connectivity index (χ2v) is 4.71. The van der Waals surface area contributed by atoms with Crippen LogP contribution < -0.4 is 0 Å². The highest BCUT2D eigenvalue weighted by Gasteiger charge is 2.14. The topological polar surface area (TPSA) is 27.1 Å². The molecule has 0 aromatic carbocycles. The summed E-state index contributed by atoms with van der Waals surface area (Å²) in [7, 11) is 1.73. The highest BCUT2D eigenvalue weighted by molar-refractivity contribution is 14.1. The molecule has 4 heteroatoms. The van der Waals surface area contributed by atoms with Crippen molar-refractivity contribution in [1.29, 1.82) is 0 Å². The highest BCUT2D eigenvalue weighted by Crippen LogP contribution is 2.25. The summed E-state index contributed by atoms with van der Waals surface area (Å²) in [5, 5.41) is 0. The van der Waals surface area contributed by atoms with E-state index in [4.69, 9.17) is 4.74 Å². The lowest BCUT2D eigenvalue weighted by molar-refractivity contribution is 0.278. The second-order valence-electron chi connectivity index (χ2n) is 3.61. The molecule has 0 spiro atoms. The summed E-state index contributed by atoms with van der Waals surface area (Å²) >= 11 is 2.28. The molecule has 1 aromatic rings. The van der Waals surface area contributed by atoms with Crippen LogP contribution in [0.25, 0.3) is 5.70 Å². The van der Waals surface area contributed by atoms with E-state index >= 15 is 0 Å². The molecule has 0 saturated carbocycles. The second kappa shape index (κ2) is 5.53. The Morgan fingerprint density at radius 1 is 1.60 bits per heavy atom. The van der Waals surface area contributed by atoms with Gasteiger partial charge in [0.1, 0.15) is 9.46 Å². The molecule has 0 aliphatic heterocycles. The van der Waals surface area contributed by atoms with Crippen LogP contribution >= 0.6 is 22.6 Å². The molecular weight excluding hydrogens is 303 g/mol. The van der Waals surface area contributed by atoms with Crippen LogP contribution in [-0.4, -0.2) is 16.7 Å². The molecule has 0 unspecified atom stereocenters. The molecule has 0 atom stereocenters. The number of rotatable bonds is 4. The number of methoxy groups -OCH3 is 1. The summed E-state index contributed by atoms with van der Waals surface area (Å²) in [6, 6.07) is 0. The van der Waals surface area contributed by atoms with Crippen molar-refractivity contribution in [2.45, 2.75) is 27.2 Å². The molecule has 0 bridgehead atoms. The molecule has 1 heterocycles. The first-order valence-corrected chi connectivity index (χ1v) is 6.14. The van der Waals surface area contributed by atoms with Gasteiger partial charge in [0.15, 0.2) is 0 Å². The van der Waals surface area contributed by atoms with Crippen LogP contribution in [-0.2, 0) is 4.74 Å². The summed E-state index contributed by atoms with van der Waals surface area (Å²) in [4.78, 5) is 4.14. The van der Waals surface area contributed by atoms with Crippen molar-refractivity contribution in [1.82, 2.24) is 9.55 Å². The minimum Gasteiger partial charge on any atom is -0.499 e. The van der Waals surface area contributed by atoms with E-state index in [1.807, 2.05) is 12.5 Å². The molecule has 0 amide bonds. The number of allylic oxidation sites excluding steroid dienone is 2. The Bertz CT molecular complexity index is 349. The van der Waals surface area contributed by atoms with E-state index in [1.165, 1.54) is 5.70 Å². The molecule has 15 heavy (non-hydrogen) atoms. The maximum absolute atomic E-state index is 5.43. The largest absolute Gasteiger partial charge is 0.499 e. The number of aromatic nitrogens is 2. The van der Waals surface area contributed by atoms with Gasteiger partial charge in [-0.25, -0.2) is 4.98 Å². The van der Waals surface area contributed by atoms with Gasteiger partial charge in [-0.1, -0.05) is 20.8 Å². The Hall–Kier alpha value is -0.520. The van der Waals surface area contributed by atoms with E-state index in [9.17, 15) is 0 Å². The molecule has 0 radical (unpaired) electrons. The van der Waals surface area contributed by atoms with E-state index < -0.39 is 0 Å². The van der Waals surface area contributed by atoms with E-state index in [-0.39, 0.29) is 0 Å². The molecule has 1 rings (SSSR count). The number of ether oxygens (including phenoxy) is 1. The third kappa shape index (κ3) is 2.74. The first-order chi connectivity index (χ1) is 7.11. The number of halogens is 1. The van der Waals surface area contributed by atoms with E-state index in [2.05, 4.69) is 52.9 Å². The van der Waals surface area contributed by atoms with Crippen molar-refractivity contribution in [2.24, 2.45) is 5.92 Å². The maximum Gasteiger partial charge on any atom is 0.115 e. The van der Waals surface area contributed by atoms with E-state index in [0.717, 1.165) is 15.9 Å². The number of imidazole rings is 1. The zero-order valence-corrected chi connectivity index (χ0v) is 11.8. The van der Waals surface area contributed by atoms with Crippen LogP contribution in [0.15, 0.2) is 18.3 Å². The van der Waals surface area contributed by atoms with Gasteiger partial charge in [0.25, 0.3) is 0 Å². The fraction of sp³-hybridized carbons (Fsp3) is 0.545. The lowest BCUT2D eigenvalue weighted by atomic mass is 10.1. The molecule has 0 N–H and O–H groups in total. The zero-order valence-electron chi connectivity index (χ0n) is 9.62. The average molecular weight is 320 g/mol. The Labute approximate surface area is 105 Å². The molecule has 0 fully saturated rings. The lowest BCUT2D eigenvalue weighted by Crippen LogP contribution is -2.08. The van der Waals surface area contributed by atoms with E-state index in [0.29, 0.717) is 5.92 Å². The molecule has 3 nitrogen and oxygen atoms in total. The van der Waals surface area contributed by atoms with Crippen molar-refractivity contribution >= 4 is 28.3 Å². The Balaban J connectivity index is 3.25. The third-order valence-corrected chi connectivity index (χ3v) is 3.05. The Kier molecular flexibility index (Phi) is 4.63. The maximum atomic E-state index is 5.43. The van der Waals surface area contributed by atoms with Crippen molar-refractivity contribution < 1.29 is 4.74 Å². The average Bonchev–Trinajstić information content (AvgIpc) is 2.60. The summed E-state index contributed by atoms with van der Waals surface area (Å²) in [6.45, 7) is 6.44. The van der Waals surface area contributed by atoms with Gasteiger partial charge in [0.05, 0.1) is 25.3 Å². The smallest absolute Gasteiger partial charge is 0.115 e. The fourth-order valence-electron chi connectivity index (χ4n) is 1.62. The summed E-state index contributed by atoms with van der Waals surface area (Å²) < 4.78 is 8.63. The van der Waals surface area contributed by atoms with Gasteiger partial charge >= 0.3 is 0 Å². The van der Waals surface area contributed by atoms with Gasteiger partial charge in [-0.15, -0.1) is 0 Å². The molecule has 0 aliphatic rings. The monoisotopic (exact) mass is 320 g/mol. The summed E-state index contributed by atoms with van der Waals surface area (Å²) in [5.41, 5.74) is 1.20. The molecule has 84 valence electrons. The quantitative estimate of drug-likeness (QED) is 0.628. The Morgan fingerprint density at radius 2 is 2.27 bits per heavy atom. The van der Waals surface area contributed by atoms with Gasteiger partial charge in [0, 0.05) is 6.42 Å². The Morgan fingerprint density at radius 3 is 2.60 bits per heavy atom. The minimum absolute atomic E-state index is 0.419. The number of nitrogens with zero attached hydrogens (tertiary/aromatic N) is 2. The molecule has 1 aromatic heterocycles. The van der Waals surface area contributed by atoms with Gasteiger partial charge in [-0.3, -0.25) is 4.57 Å². The van der Waals surface area contributed by atoms with Gasteiger partial charge in [0.2, 0.25) is 0 Å². The van der Waals surface area contributed by atoms with Crippen molar-refractivity contribution in [3.05, 3.63) is 22.0 Å². The van der Waals surface area contributed by atoms with Gasteiger partial charge < -0.3 is 4.74 Å². The van der Waals surface area contributed by atoms with Crippen molar-refractivity contribution in [2.75, 3.05) is 7.11 Å². The van der Waals surface area contributed by atoms with Crippen LogP contribution in [0.2, 0.25) is 0 Å². The minimum atomic E-state index is 0.419. The van der Waals surface area contributed by atoms with Crippen LogP contribution in [0.5, 0.6) is 0 Å². The van der Waals surface area contributed by atoms with Crippen LogP contribution in [0, 0.1) is 9.62 Å². The number of hydrogen-bond acceptors (Lipinski definition) is 2. The van der Waals surface area contributed by atoms with Crippen LogP contribution in [0.4, 0.5) is 0 Å². The lowest BCUT2D eigenvalue weighted by Gasteiger charge is -2.18. The van der Waals surface area contributed by atoms with Crippen molar-refractivity contribution in [3.63, 3.8) is 0 Å².